The summed E-state index contributed by atoms with van der Waals surface area (Å²) >= 11 is 1.98. The maximum atomic E-state index is 6.35. The number of fused-ring (bicyclic) bond motifs is 1. The summed E-state index contributed by atoms with van der Waals surface area (Å²) in [5, 5.41) is 0.621. The Bertz CT molecular complexity index is 571. The van der Waals surface area contributed by atoms with E-state index in [1.807, 2.05) is 23.9 Å². The van der Waals surface area contributed by atoms with Crippen LogP contribution in [0.1, 0.15) is 17.5 Å². The molecule has 1 aliphatic rings. The molecule has 0 saturated heterocycles. The van der Waals surface area contributed by atoms with Crippen LogP contribution in [0, 0.1) is 0 Å². The van der Waals surface area contributed by atoms with Gasteiger partial charge in [-0.3, -0.25) is 0 Å². The van der Waals surface area contributed by atoms with E-state index in [9.17, 15) is 0 Å². The van der Waals surface area contributed by atoms with Gasteiger partial charge in [-0.2, -0.15) is 0 Å². The molecule has 0 fully saturated rings. The predicted molar refractivity (Wildman–Crippen MR) is 89.1 cm³/mol. The molecule has 3 heteroatoms. The number of nitrogens with two attached hydrogens (primary N) is 1. The SMILES string of the molecule is COc1ccc(CC(N)CC2Cc3ccccc3S2)cc1. The Morgan fingerprint density at radius 2 is 1.95 bits per heavy atom. The molecule has 1 heterocycles. The van der Waals surface area contributed by atoms with E-state index in [1.165, 1.54) is 16.0 Å². The summed E-state index contributed by atoms with van der Waals surface area (Å²) in [5.74, 6) is 0.897. The first-order valence-corrected chi connectivity index (χ1v) is 8.25. The average Bonchev–Trinajstić information content (AvgIpc) is 2.90. The minimum atomic E-state index is 0.213. The van der Waals surface area contributed by atoms with Crippen molar-refractivity contribution in [3.63, 3.8) is 0 Å². The Hall–Kier alpha value is -1.45. The zero-order chi connectivity index (χ0) is 14.7. The monoisotopic (exact) mass is 299 g/mol. The number of ether oxygens (including phenoxy) is 1. The van der Waals surface area contributed by atoms with Crippen molar-refractivity contribution in [2.24, 2.45) is 5.73 Å². The fourth-order valence-corrected chi connectivity index (χ4v) is 4.30. The Morgan fingerprint density at radius 1 is 1.19 bits per heavy atom. The van der Waals surface area contributed by atoms with Gasteiger partial charge in [-0.15, -0.1) is 11.8 Å². The molecule has 0 bridgehead atoms. The second-order valence-corrected chi connectivity index (χ2v) is 6.94. The van der Waals surface area contributed by atoms with Crippen LogP contribution in [0.3, 0.4) is 0 Å². The molecular formula is C18H21NOS. The lowest BCUT2D eigenvalue weighted by Gasteiger charge is -2.16. The molecular weight excluding hydrogens is 278 g/mol. The van der Waals surface area contributed by atoms with Crippen molar-refractivity contribution in [1.29, 1.82) is 0 Å². The molecule has 2 atom stereocenters. The summed E-state index contributed by atoms with van der Waals surface area (Å²) in [7, 11) is 1.69. The van der Waals surface area contributed by atoms with Crippen molar-refractivity contribution in [3.8, 4) is 5.75 Å². The van der Waals surface area contributed by atoms with Crippen LogP contribution in [0.2, 0.25) is 0 Å². The maximum Gasteiger partial charge on any atom is 0.118 e. The van der Waals surface area contributed by atoms with Gasteiger partial charge in [0, 0.05) is 16.2 Å². The number of hydrogen-bond donors (Lipinski definition) is 1. The van der Waals surface area contributed by atoms with E-state index in [0.717, 1.165) is 25.0 Å². The zero-order valence-electron chi connectivity index (χ0n) is 12.3. The first kappa shape index (κ1) is 14.5. The van der Waals surface area contributed by atoms with E-state index in [1.54, 1.807) is 7.11 Å². The van der Waals surface area contributed by atoms with Gasteiger partial charge in [0.05, 0.1) is 7.11 Å². The number of benzene rings is 2. The molecule has 0 saturated carbocycles. The molecule has 2 N–H and O–H groups in total. The summed E-state index contributed by atoms with van der Waals surface area (Å²) in [6, 6.07) is 17.1. The number of rotatable bonds is 5. The fraction of sp³-hybridized carbons (Fsp3) is 0.333. The molecule has 110 valence electrons. The third kappa shape index (κ3) is 3.60. The van der Waals surface area contributed by atoms with E-state index in [4.69, 9.17) is 10.5 Å². The number of hydrogen-bond acceptors (Lipinski definition) is 3. The van der Waals surface area contributed by atoms with Crippen molar-refractivity contribution in [2.75, 3.05) is 7.11 Å². The van der Waals surface area contributed by atoms with Crippen LogP contribution in [-0.4, -0.2) is 18.4 Å². The first-order valence-electron chi connectivity index (χ1n) is 7.37. The lowest BCUT2D eigenvalue weighted by atomic mass is 9.99. The van der Waals surface area contributed by atoms with Gasteiger partial charge in [0.25, 0.3) is 0 Å². The van der Waals surface area contributed by atoms with Gasteiger partial charge in [0.2, 0.25) is 0 Å². The van der Waals surface area contributed by atoms with Gasteiger partial charge in [0.1, 0.15) is 5.75 Å². The van der Waals surface area contributed by atoms with Crippen LogP contribution in [0.25, 0.3) is 0 Å². The molecule has 2 aromatic carbocycles. The van der Waals surface area contributed by atoms with Gasteiger partial charge < -0.3 is 10.5 Å². The van der Waals surface area contributed by atoms with E-state index in [2.05, 4.69) is 36.4 Å². The van der Waals surface area contributed by atoms with Crippen LogP contribution in [-0.2, 0) is 12.8 Å². The fourth-order valence-electron chi connectivity index (χ4n) is 2.87. The molecule has 0 radical (unpaired) electrons. The number of thioether (sulfide) groups is 1. The summed E-state index contributed by atoms with van der Waals surface area (Å²) < 4.78 is 5.18. The Kier molecular flexibility index (Phi) is 4.51. The maximum absolute atomic E-state index is 6.35. The van der Waals surface area contributed by atoms with Crippen molar-refractivity contribution in [2.45, 2.75) is 35.4 Å². The van der Waals surface area contributed by atoms with Crippen LogP contribution in [0.15, 0.2) is 53.4 Å². The predicted octanol–water partition coefficient (Wildman–Crippen LogP) is 3.67. The molecule has 0 aromatic heterocycles. The lowest BCUT2D eigenvalue weighted by Crippen LogP contribution is -2.27. The van der Waals surface area contributed by atoms with Gasteiger partial charge in [0.15, 0.2) is 0 Å². The third-order valence-corrected chi connectivity index (χ3v) is 5.28. The first-order chi connectivity index (χ1) is 10.2. The highest BCUT2D eigenvalue weighted by Gasteiger charge is 2.23. The van der Waals surface area contributed by atoms with Crippen molar-refractivity contribution in [1.82, 2.24) is 0 Å². The van der Waals surface area contributed by atoms with Gasteiger partial charge in [-0.05, 0) is 48.6 Å². The Labute approximate surface area is 130 Å². The van der Waals surface area contributed by atoms with Gasteiger partial charge in [-0.25, -0.2) is 0 Å². The minimum Gasteiger partial charge on any atom is -0.497 e. The molecule has 21 heavy (non-hydrogen) atoms. The molecule has 0 spiro atoms. The Morgan fingerprint density at radius 3 is 2.67 bits per heavy atom. The molecule has 3 rings (SSSR count). The summed E-state index contributed by atoms with van der Waals surface area (Å²) in [6.07, 6.45) is 3.14. The second-order valence-electron chi connectivity index (χ2n) is 5.60. The highest BCUT2D eigenvalue weighted by molar-refractivity contribution is 8.00. The van der Waals surface area contributed by atoms with Crippen LogP contribution < -0.4 is 10.5 Å². The summed E-state index contributed by atoms with van der Waals surface area (Å²) in [6.45, 7) is 0. The van der Waals surface area contributed by atoms with Crippen LogP contribution >= 0.6 is 11.8 Å². The van der Waals surface area contributed by atoms with Crippen LogP contribution in [0.4, 0.5) is 0 Å². The molecule has 2 nitrogen and oxygen atoms in total. The normalized spacial score (nSPS) is 18.3. The average molecular weight is 299 g/mol. The van der Waals surface area contributed by atoms with Crippen LogP contribution in [0.5, 0.6) is 5.75 Å². The van der Waals surface area contributed by atoms with Crippen molar-refractivity contribution >= 4 is 11.8 Å². The van der Waals surface area contributed by atoms with E-state index in [-0.39, 0.29) is 6.04 Å². The largest absolute Gasteiger partial charge is 0.497 e. The van der Waals surface area contributed by atoms with Crippen molar-refractivity contribution < 1.29 is 4.74 Å². The summed E-state index contributed by atoms with van der Waals surface area (Å²) in [5.41, 5.74) is 9.10. The standard InChI is InChI=1S/C18H21NOS/c1-20-16-8-6-13(7-9-16)10-15(19)12-17-11-14-4-2-3-5-18(14)21-17/h2-9,15,17H,10-12,19H2,1H3. The smallest absolute Gasteiger partial charge is 0.118 e. The minimum absolute atomic E-state index is 0.213. The highest BCUT2D eigenvalue weighted by atomic mass is 32.2. The van der Waals surface area contributed by atoms with Gasteiger partial charge in [-0.1, -0.05) is 30.3 Å². The van der Waals surface area contributed by atoms with E-state index >= 15 is 0 Å². The second kappa shape index (κ2) is 6.54. The zero-order valence-corrected chi connectivity index (χ0v) is 13.1. The van der Waals surface area contributed by atoms with Gasteiger partial charge >= 0.3 is 0 Å². The molecule has 2 aromatic rings. The highest BCUT2D eigenvalue weighted by Crippen LogP contribution is 2.38. The molecule has 0 amide bonds. The van der Waals surface area contributed by atoms with E-state index < -0.39 is 0 Å². The topological polar surface area (TPSA) is 35.2 Å². The third-order valence-electron chi connectivity index (χ3n) is 3.94. The quantitative estimate of drug-likeness (QED) is 0.915. The number of methoxy groups -OCH3 is 1. The molecule has 0 aliphatic carbocycles. The van der Waals surface area contributed by atoms with Crippen molar-refractivity contribution in [3.05, 3.63) is 59.7 Å². The molecule has 2 unspecified atom stereocenters. The lowest BCUT2D eigenvalue weighted by molar-refractivity contribution is 0.414. The summed E-state index contributed by atoms with van der Waals surface area (Å²) in [4.78, 5) is 1.43. The Balaban J connectivity index is 1.54. The van der Waals surface area contributed by atoms with E-state index in [0.29, 0.717) is 5.25 Å². The molecule has 1 aliphatic heterocycles.